The van der Waals surface area contributed by atoms with Gasteiger partial charge in [0.15, 0.2) is 0 Å². The summed E-state index contributed by atoms with van der Waals surface area (Å²) in [7, 11) is 0. The fourth-order valence-corrected chi connectivity index (χ4v) is 7.58. The van der Waals surface area contributed by atoms with Gasteiger partial charge < -0.3 is 0 Å². The molecule has 0 spiro atoms. The number of fused-ring (bicyclic) bond motifs is 1. The Hall–Kier alpha value is 0. The minimum atomic E-state index is 0.461. The second-order valence-electron chi connectivity index (χ2n) is 14.8. The van der Waals surface area contributed by atoms with E-state index in [2.05, 4.69) is 69.2 Å². The first kappa shape index (κ1) is 22.7. The first-order valence-corrected chi connectivity index (χ1v) is 12.7. The number of rotatable bonds is 1. The monoisotopic (exact) mass is 388 g/mol. The molecule has 0 amide bonds. The lowest BCUT2D eigenvalue weighted by Crippen LogP contribution is -2.44. The Balaban J connectivity index is 1.88. The van der Waals surface area contributed by atoms with Crippen LogP contribution in [0.15, 0.2) is 0 Å². The highest BCUT2D eigenvalue weighted by molar-refractivity contribution is 5.00. The molecule has 0 nitrogen and oxygen atoms in total. The van der Waals surface area contributed by atoms with Crippen LogP contribution in [0.4, 0.5) is 0 Å². The highest BCUT2D eigenvalue weighted by atomic mass is 14.6. The van der Waals surface area contributed by atoms with Crippen molar-refractivity contribution >= 4 is 0 Å². The van der Waals surface area contributed by atoms with Crippen molar-refractivity contribution in [3.8, 4) is 0 Å². The molecular weight excluding hydrogens is 336 g/mol. The predicted octanol–water partition coefficient (Wildman–Crippen LogP) is 8.85. The van der Waals surface area contributed by atoms with E-state index in [1.54, 1.807) is 0 Å². The fourth-order valence-electron chi connectivity index (χ4n) is 7.58. The van der Waals surface area contributed by atoms with Gasteiger partial charge >= 0.3 is 0 Å². The molecular formula is C28H52. The Morgan fingerprint density at radius 2 is 0.786 bits per heavy atom. The van der Waals surface area contributed by atoms with E-state index in [0.29, 0.717) is 16.2 Å². The molecule has 0 aromatic rings. The van der Waals surface area contributed by atoms with Crippen LogP contribution in [0.1, 0.15) is 114 Å². The van der Waals surface area contributed by atoms with Crippen LogP contribution in [0, 0.1) is 63.6 Å². The quantitative estimate of drug-likeness (QED) is 0.421. The molecule has 3 saturated carbocycles. The summed E-state index contributed by atoms with van der Waals surface area (Å²) in [6, 6.07) is 0. The van der Waals surface area contributed by atoms with Crippen molar-refractivity contribution in [2.45, 2.75) is 114 Å². The van der Waals surface area contributed by atoms with E-state index in [-0.39, 0.29) is 0 Å². The average Bonchev–Trinajstić information content (AvgIpc) is 2.91. The largest absolute Gasteiger partial charge is 0.0625 e. The molecule has 3 fully saturated rings. The van der Waals surface area contributed by atoms with Gasteiger partial charge in [0.25, 0.3) is 0 Å². The van der Waals surface area contributed by atoms with Crippen molar-refractivity contribution in [3.05, 3.63) is 0 Å². The van der Waals surface area contributed by atoms with Crippen molar-refractivity contribution in [1.29, 1.82) is 0 Å². The molecule has 0 heterocycles. The molecule has 0 saturated heterocycles. The Labute approximate surface area is 178 Å². The Morgan fingerprint density at radius 1 is 0.429 bits per heavy atom. The molecule has 7 atom stereocenters. The van der Waals surface area contributed by atoms with E-state index in [9.17, 15) is 0 Å². The Morgan fingerprint density at radius 3 is 1.21 bits per heavy atom. The van der Waals surface area contributed by atoms with Crippen molar-refractivity contribution in [3.63, 3.8) is 0 Å². The minimum absolute atomic E-state index is 0.461. The molecule has 0 aromatic carbocycles. The summed E-state index contributed by atoms with van der Waals surface area (Å²) in [4.78, 5) is 0. The van der Waals surface area contributed by atoms with Crippen LogP contribution in [0.3, 0.4) is 0 Å². The van der Waals surface area contributed by atoms with Crippen molar-refractivity contribution in [1.82, 2.24) is 0 Å². The van der Waals surface area contributed by atoms with Crippen LogP contribution in [-0.2, 0) is 0 Å². The zero-order valence-electron chi connectivity index (χ0n) is 21.1. The van der Waals surface area contributed by atoms with Gasteiger partial charge in [0.05, 0.1) is 0 Å². The first-order chi connectivity index (χ1) is 12.7. The summed E-state index contributed by atoms with van der Waals surface area (Å²) < 4.78 is 0. The second-order valence-corrected chi connectivity index (χ2v) is 14.8. The highest BCUT2D eigenvalue weighted by Crippen LogP contribution is 2.59. The summed E-state index contributed by atoms with van der Waals surface area (Å²) >= 11 is 0. The third-order valence-corrected chi connectivity index (χ3v) is 9.70. The van der Waals surface area contributed by atoms with Gasteiger partial charge in [-0.25, -0.2) is 0 Å². The average molecular weight is 389 g/mol. The summed E-state index contributed by atoms with van der Waals surface area (Å²) in [5, 5.41) is 0. The molecule has 164 valence electrons. The standard InChI is InChI=1S/C28H52/c1-18-11-19-13-23(28(8,9)10)17-25(24(19)12-18)20-14-21(26(2,3)4)16-22(15-20)27(5,6)7/h18-25H,11-17H2,1-10H3/t18?,19?,20?,21?,22?,23?,24?,25-/m1/s1. The van der Waals surface area contributed by atoms with Crippen molar-refractivity contribution in [2.75, 3.05) is 0 Å². The van der Waals surface area contributed by atoms with Crippen LogP contribution in [0.5, 0.6) is 0 Å². The fraction of sp³-hybridized carbons (Fsp3) is 1.00. The van der Waals surface area contributed by atoms with Crippen molar-refractivity contribution in [2.24, 2.45) is 63.6 Å². The molecule has 6 unspecified atom stereocenters. The zero-order chi connectivity index (χ0) is 21.1. The van der Waals surface area contributed by atoms with E-state index >= 15 is 0 Å². The van der Waals surface area contributed by atoms with Crippen molar-refractivity contribution < 1.29 is 0 Å². The van der Waals surface area contributed by atoms with Crippen LogP contribution in [0.2, 0.25) is 0 Å². The van der Waals surface area contributed by atoms with E-state index in [1.807, 2.05) is 0 Å². The van der Waals surface area contributed by atoms with Gasteiger partial charge in [-0.15, -0.1) is 0 Å². The molecule has 0 bridgehead atoms. The lowest BCUT2D eigenvalue weighted by molar-refractivity contribution is -0.0257. The molecule has 0 heteroatoms. The molecule has 3 rings (SSSR count). The predicted molar refractivity (Wildman–Crippen MR) is 124 cm³/mol. The Kier molecular flexibility index (Phi) is 6.16. The lowest BCUT2D eigenvalue weighted by Gasteiger charge is -2.52. The van der Waals surface area contributed by atoms with Crippen LogP contribution < -0.4 is 0 Å². The first-order valence-electron chi connectivity index (χ1n) is 12.7. The van der Waals surface area contributed by atoms with Gasteiger partial charge in [-0.3, -0.25) is 0 Å². The summed E-state index contributed by atoms with van der Waals surface area (Å²) in [5.41, 5.74) is 1.40. The normalized spacial score (nSPS) is 43.1. The maximum atomic E-state index is 2.54. The van der Waals surface area contributed by atoms with E-state index in [1.165, 1.54) is 44.9 Å². The SMILES string of the molecule is CC1CC2CC(C(C)(C)C)C[C@H](C3CC(C(C)(C)C)CC(C(C)(C)C)C3)C2C1. The topological polar surface area (TPSA) is 0 Å². The molecule has 3 aliphatic carbocycles. The summed E-state index contributed by atoms with van der Waals surface area (Å²) in [5.74, 6) is 7.77. The van der Waals surface area contributed by atoms with Crippen LogP contribution in [-0.4, -0.2) is 0 Å². The lowest BCUT2D eigenvalue weighted by atomic mass is 9.53. The summed E-state index contributed by atoms with van der Waals surface area (Å²) in [6.45, 7) is 25.2. The third kappa shape index (κ3) is 4.83. The highest BCUT2D eigenvalue weighted by Gasteiger charge is 2.50. The maximum Gasteiger partial charge on any atom is -0.0352 e. The zero-order valence-corrected chi connectivity index (χ0v) is 21.1. The molecule has 0 N–H and O–H groups in total. The minimum Gasteiger partial charge on any atom is -0.0625 e. The van der Waals surface area contributed by atoms with Gasteiger partial charge in [0, 0.05) is 0 Å². The smallest absolute Gasteiger partial charge is 0.0352 e. The van der Waals surface area contributed by atoms with E-state index < -0.39 is 0 Å². The van der Waals surface area contributed by atoms with Gasteiger partial charge in [-0.2, -0.15) is 0 Å². The maximum absolute atomic E-state index is 2.54. The third-order valence-electron chi connectivity index (χ3n) is 9.70. The van der Waals surface area contributed by atoms with Gasteiger partial charge in [-0.1, -0.05) is 69.2 Å². The van der Waals surface area contributed by atoms with E-state index in [0.717, 1.165) is 47.3 Å². The van der Waals surface area contributed by atoms with Gasteiger partial charge in [-0.05, 0) is 109 Å². The second kappa shape index (κ2) is 7.60. The molecule has 28 heavy (non-hydrogen) atoms. The Bertz CT molecular complexity index is 500. The number of hydrogen-bond donors (Lipinski definition) is 0. The number of hydrogen-bond acceptors (Lipinski definition) is 0. The molecule has 3 aliphatic rings. The van der Waals surface area contributed by atoms with Gasteiger partial charge in [0.2, 0.25) is 0 Å². The molecule has 0 aliphatic heterocycles. The van der Waals surface area contributed by atoms with E-state index in [4.69, 9.17) is 0 Å². The molecule has 0 aromatic heterocycles. The molecule has 0 radical (unpaired) electrons. The van der Waals surface area contributed by atoms with Crippen LogP contribution in [0.25, 0.3) is 0 Å². The van der Waals surface area contributed by atoms with Crippen LogP contribution >= 0.6 is 0 Å². The summed E-state index contributed by atoms with van der Waals surface area (Å²) in [6.07, 6.45) is 10.6. The van der Waals surface area contributed by atoms with Gasteiger partial charge in [0.1, 0.15) is 0 Å².